The van der Waals surface area contributed by atoms with Crippen LogP contribution in [0.5, 0.6) is 0 Å². The van der Waals surface area contributed by atoms with Gasteiger partial charge >= 0.3 is 0 Å². The third-order valence-electron chi connectivity index (χ3n) is 2.68. The standard InChI is InChI=1S/C15H17NS4/c1-12-2-4-13(5-3-12)10-17-19-20-18-11-14-6-8-15(16)9-7-14/h2-9H,10-11,16H2,1H3. The summed E-state index contributed by atoms with van der Waals surface area (Å²) in [6.45, 7) is 2.12. The molecule has 2 aromatic rings. The van der Waals surface area contributed by atoms with Crippen LogP contribution in [0.4, 0.5) is 5.69 Å². The van der Waals surface area contributed by atoms with Crippen LogP contribution in [0.2, 0.25) is 0 Å². The third kappa shape index (κ3) is 5.95. The zero-order valence-corrected chi connectivity index (χ0v) is 14.5. The quantitative estimate of drug-likeness (QED) is 0.382. The van der Waals surface area contributed by atoms with Crippen LogP contribution in [0.15, 0.2) is 48.5 Å². The average Bonchev–Trinajstić information content (AvgIpc) is 2.46. The van der Waals surface area contributed by atoms with E-state index in [1.807, 2.05) is 53.4 Å². The van der Waals surface area contributed by atoms with Gasteiger partial charge < -0.3 is 5.73 Å². The van der Waals surface area contributed by atoms with Gasteiger partial charge in [-0.1, -0.05) is 63.5 Å². The summed E-state index contributed by atoms with van der Waals surface area (Å²) in [6, 6.07) is 16.8. The summed E-state index contributed by atoms with van der Waals surface area (Å²) in [5.74, 6) is 2.07. The molecule has 0 radical (unpaired) electrons. The summed E-state index contributed by atoms with van der Waals surface area (Å²) in [4.78, 5) is 0. The molecule has 0 aliphatic heterocycles. The molecule has 0 unspecified atom stereocenters. The molecule has 106 valence electrons. The molecule has 0 aliphatic carbocycles. The van der Waals surface area contributed by atoms with Crippen LogP contribution >= 0.6 is 41.2 Å². The van der Waals surface area contributed by atoms with Crippen LogP contribution in [0, 0.1) is 6.92 Å². The Morgan fingerprint density at radius 2 is 1.20 bits per heavy atom. The van der Waals surface area contributed by atoms with E-state index in [1.54, 1.807) is 0 Å². The number of rotatable bonds is 7. The van der Waals surface area contributed by atoms with Gasteiger partial charge in [-0.2, -0.15) is 0 Å². The second-order valence-corrected chi connectivity index (χ2v) is 10.4. The molecule has 2 aromatic carbocycles. The van der Waals surface area contributed by atoms with Gasteiger partial charge in [0.15, 0.2) is 0 Å². The Bertz CT molecular complexity index is 461. The van der Waals surface area contributed by atoms with Gasteiger partial charge in [-0.25, -0.2) is 0 Å². The molecule has 1 nitrogen and oxygen atoms in total. The van der Waals surface area contributed by atoms with E-state index in [4.69, 9.17) is 5.73 Å². The first-order valence-corrected chi connectivity index (χ1v) is 11.4. The minimum atomic E-state index is 0.828. The van der Waals surface area contributed by atoms with Gasteiger partial charge in [-0.05, 0) is 49.8 Å². The van der Waals surface area contributed by atoms with Gasteiger partial charge in [-0.15, -0.1) is 0 Å². The Hall–Kier alpha value is -0.360. The van der Waals surface area contributed by atoms with Crippen LogP contribution in [0.25, 0.3) is 0 Å². The molecular formula is C15H17NS4. The SMILES string of the molecule is Cc1ccc(CSSSSCc2ccc(N)cc2)cc1. The van der Waals surface area contributed by atoms with E-state index in [-0.39, 0.29) is 0 Å². The molecule has 2 N–H and O–H groups in total. The van der Waals surface area contributed by atoms with Crippen LogP contribution in [0.3, 0.4) is 0 Å². The molecule has 0 fully saturated rings. The first kappa shape index (κ1) is 16.0. The van der Waals surface area contributed by atoms with Gasteiger partial charge in [0.1, 0.15) is 0 Å². The van der Waals surface area contributed by atoms with Crippen molar-refractivity contribution in [3.63, 3.8) is 0 Å². The molecule has 0 atom stereocenters. The zero-order valence-electron chi connectivity index (χ0n) is 11.2. The van der Waals surface area contributed by atoms with Crippen molar-refractivity contribution in [3.05, 3.63) is 65.2 Å². The van der Waals surface area contributed by atoms with Crippen molar-refractivity contribution < 1.29 is 0 Å². The average molecular weight is 340 g/mol. The lowest BCUT2D eigenvalue weighted by Gasteiger charge is -2.02. The van der Waals surface area contributed by atoms with E-state index >= 15 is 0 Å². The van der Waals surface area contributed by atoms with E-state index in [9.17, 15) is 0 Å². The Balaban J connectivity index is 1.57. The third-order valence-corrected chi connectivity index (χ3v) is 9.01. The summed E-state index contributed by atoms with van der Waals surface area (Å²) in [7, 11) is 7.44. The summed E-state index contributed by atoms with van der Waals surface area (Å²) in [5, 5.41) is 0. The van der Waals surface area contributed by atoms with Crippen molar-refractivity contribution >= 4 is 46.9 Å². The van der Waals surface area contributed by atoms with Crippen molar-refractivity contribution in [2.24, 2.45) is 0 Å². The fourth-order valence-electron chi connectivity index (χ4n) is 1.52. The normalized spacial score (nSPS) is 10.7. The predicted molar refractivity (Wildman–Crippen MR) is 99.8 cm³/mol. The molecule has 0 heterocycles. The number of aryl methyl sites for hydroxylation is 1. The molecule has 0 spiro atoms. The molecular weight excluding hydrogens is 322 g/mol. The van der Waals surface area contributed by atoms with Gasteiger partial charge in [0.25, 0.3) is 0 Å². The second-order valence-electron chi connectivity index (χ2n) is 4.39. The van der Waals surface area contributed by atoms with E-state index in [1.165, 1.54) is 16.7 Å². The molecule has 0 bridgehead atoms. The summed E-state index contributed by atoms with van der Waals surface area (Å²) >= 11 is 0. The van der Waals surface area contributed by atoms with Crippen LogP contribution in [-0.4, -0.2) is 0 Å². The Kier molecular flexibility index (Phi) is 7.07. The maximum Gasteiger partial charge on any atom is 0.0314 e. The second kappa shape index (κ2) is 8.82. The van der Waals surface area contributed by atoms with E-state index in [0.717, 1.165) is 17.2 Å². The minimum absolute atomic E-state index is 0.828. The first-order chi connectivity index (χ1) is 9.74. The van der Waals surface area contributed by atoms with Gasteiger partial charge in [0.05, 0.1) is 0 Å². The fraction of sp³-hybridized carbons (Fsp3) is 0.200. The molecule has 20 heavy (non-hydrogen) atoms. The molecule has 5 heteroatoms. The predicted octanol–water partition coefficient (Wildman–Crippen LogP) is 5.96. The molecule has 0 saturated carbocycles. The van der Waals surface area contributed by atoms with Gasteiger partial charge in [-0.3, -0.25) is 0 Å². The monoisotopic (exact) mass is 339 g/mol. The summed E-state index contributed by atoms with van der Waals surface area (Å²) < 4.78 is 0. The van der Waals surface area contributed by atoms with E-state index in [2.05, 4.69) is 43.3 Å². The van der Waals surface area contributed by atoms with Gasteiger partial charge in [0.2, 0.25) is 0 Å². The Morgan fingerprint density at radius 1 is 0.750 bits per heavy atom. The van der Waals surface area contributed by atoms with Crippen molar-refractivity contribution in [1.29, 1.82) is 0 Å². The lowest BCUT2D eigenvalue weighted by Crippen LogP contribution is -1.84. The topological polar surface area (TPSA) is 26.0 Å². The number of nitrogens with two attached hydrogens (primary N) is 1. The van der Waals surface area contributed by atoms with E-state index < -0.39 is 0 Å². The maximum absolute atomic E-state index is 5.67. The maximum atomic E-state index is 5.67. The first-order valence-electron chi connectivity index (χ1n) is 6.22. The van der Waals surface area contributed by atoms with Gasteiger partial charge in [0, 0.05) is 17.2 Å². The summed E-state index contributed by atoms with van der Waals surface area (Å²) in [6.07, 6.45) is 0. The number of benzene rings is 2. The van der Waals surface area contributed by atoms with Crippen LogP contribution < -0.4 is 5.73 Å². The molecule has 0 aliphatic rings. The Morgan fingerprint density at radius 3 is 1.70 bits per heavy atom. The highest BCUT2D eigenvalue weighted by atomic mass is 33.7. The highest BCUT2D eigenvalue weighted by Gasteiger charge is 1.97. The number of hydrogen-bond acceptors (Lipinski definition) is 5. The number of nitrogen functional groups attached to an aromatic ring is 1. The lowest BCUT2D eigenvalue weighted by atomic mass is 10.2. The number of hydrogen-bond donors (Lipinski definition) is 1. The van der Waals surface area contributed by atoms with Crippen molar-refractivity contribution in [1.82, 2.24) is 0 Å². The lowest BCUT2D eigenvalue weighted by molar-refractivity contribution is 1.37. The highest BCUT2D eigenvalue weighted by Crippen LogP contribution is 2.45. The zero-order chi connectivity index (χ0) is 14.2. The smallest absolute Gasteiger partial charge is 0.0314 e. The van der Waals surface area contributed by atoms with Crippen LogP contribution in [0.1, 0.15) is 16.7 Å². The number of anilines is 1. The fourth-order valence-corrected chi connectivity index (χ4v) is 7.39. The minimum Gasteiger partial charge on any atom is -0.399 e. The largest absolute Gasteiger partial charge is 0.399 e. The van der Waals surface area contributed by atoms with Crippen molar-refractivity contribution in [2.75, 3.05) is 5.73 Å². The molecule has 0 amide bonds. The summed E-state index contributed by atoms with van der Waals surface area (Å²) in [5.41, 5.74) is 10.5. The molecule has 0 aromatic heterocycles. The highest BCUT2D eigenvalue weighted by molar-refractivity contribution is 9.25. The molecule has 0 saturated heterocycles. The molecule has 2 rings (SSSR count). The van der Waals surface area contributed by atoms with Crippen molar-refractivity contribution in [2.45, 2.75) is 18.4 Å². The Labute approximate surface area is 136 Å². The van der Waals surface area contributed by atoms with Crippen molar-refractivity contribution in [3.8, 4) is 0 Å². The van der Waals surface area contributed by atoms with Crippen LogP contribution in [-0.2, 0) is 11.5 Å². The van der Waals surface area contributed by atoms with E-state index in [0.29, 0.717) is 0 Å².